The molecule has 1 aromatic rings. The van der Waals surface area contributed by atoms with Crippen molar-refractivity contribution in [3.8, 4) is 0 Å². The van der Waals surface area contributed by atoms with Crippen LogP contribution in [0, 0.1) is 10.1 Å². The Kier molecular flexibility index (Phi) is 4.01. The van der Waals surface area contributed by atoms with Crippen molar-refractivity contribution >= 4 is 17.3 Å². The second-order valence-electron chi connectivity index (χ2n) is 3.36. The van der Waals surface area contributed by atoms with E-state index in [0.29, 0.717) is 12.4 Å². The van der Waals surface area contributed by atoms with E-state index < -0.39 is 4.92 Å². The lowest BCUT2D eigenvalue weighted by atomic mass is 10.3. The highest BCUT2D eigenvalue weighted by Crippen LogP contribution is 2.20. The predicted molar refractivity (Wildman–Crippen MR) is 60.3 cm³/mol. The molecule has 0 radical (unpaired) electrons. The summed E-state index contributed by atoms with van der Waals surface area (Å²) in [6, 6.07) is 2.89. The number of anilines is 2. The third-order valence-electron chi connectivity index (χ3n) is 1.91. The maximum Gasteiger partial charge on any atom is 0.311 e. The van der Waals surface area contributed by atoms with E-state index in [-0.39, 0.29) is 17.5 Å². The van der Waals surface area contributed by atoms with Gasteiger partial charge in [0, 0.05) is 19.2 Å². The molecular formula is C9H14N4O3. The standard InChI is InChI=1S/C9H14N4O3/c1-6(5-16-2)11-8-4-3-7(13(14)15)9(10)12-8/h3-4,6H,5H2,1-2H3,(H3,10,11,12). The molecule has 3 N–H and O–H groups in total. The van der Waals surface area contributed by atoms with E-state index in [4.69, 9.17) is 10.5 Å². The zero-order chi connectivity index (χ0) is 12.1. The maximum absolute atomic E-state index is 10.5. The number of nitrogens with two attached hydrogens (primary N) is 1. The Hall–Kier alpha value is -1.89. The number of hydrogen-bond acceptors (Lipinski definition) is 6. The summed E-state index contributed by atoms with van der Waals surface area (Å²) in [6.45, 7) is 2.42. The van der Waals surface area contributed by atoms with Gasteiger partial charge in [-0.05, 0) is 13.0 Å². The lowest BCUT2D eigenvalue weighted by molar-refractivity contribution is -0.384. The van der Waals surface area contributed by atoms with Crippen LogP contribution in [-0.2, 0) is 4.74 Å². The van der Waals surface area contributed by atoms with E-state index in [1.165, 1.54) is 12.1 Å². The minimum atomic E-state index is -0.565. The Labute approximate surface area is 92.8 Å². The Bertz CT molecular complexity index is 383. The summed E-state index contributed by atoms with van der Waals surface area (Å²) in [5.41, 5.74) is 5.26. The average Bonchev–Trinajstić information content (AvgIpc) is 2.17. The second-order valence-corrected chi connectivity index (χ2v) is 3.36. The molecule has 7 heteroatoms. The summed E-state index contributed by atoms with van der Waals surface area (Å²) in [7, 11) is 1.59. The molecule has 16 heavy (non-hydrogen) atoms. The molecule has 1 aromatic heterocycles. The van der Waals surface area contributed by atoms with Gasteiger partial charge in [-0.25, -0.2) is 4.98 Å². The molecule has 0 fully saturated rings. The van der Waals surface area contributed by atoms with E-state index >= 15 is 0 Å². The third-order valence-corrected chi connectivity index (χ3v) is 1.91. The number of rotatable bonds is 5. The molecule has 0 bridgehead atoms. The van der Waals surface area contributed by atoms with Crippen molar-refractivity contribution in [2.24, 2.45) is 0 Å². The van der Waals surface area contributed by atoms with Gasteiger partial charge in [0.1, 0.15) is 5.82 Å². The van der Waals surface area contributed by atoms with Gasteiger partial charge < -0.3 is 15.8 Å². The fourth-order valence-corrected chi connectivity index (χ4v) is 1.25. The van der Waals surface area contributed by atoms with Crippen LogP contribution < -0.4 is 11.1 Å². The van der Waals surface area contributed by atoms with Crippen molar-refractivity contribution < 1.29 is 9.66 Å². The Morgan fingerprint density at radius 3 is 2.88 bits per heavy atom. The second kappa shape index (κ2) is 5.26. The number of nitrogens with one attached hydrogen (secondary N) is 1. The number of methoxy groups -OCH3 is 1. The monoisotopic (exact) mass is 226 g/mol. The van der Waals surface area contributed by atoms with Crippen molar-refractivity contribution in [2.75, 3.05) is 24.8 Å². The molecule has 0 aromatic carbocycles. The van der Waals surface area contributed by atoms with Crippen LogP contribution in [-0.4, -0.2) is 29.7 Å². The molecular weight excluding hydrogens is 212 g/mol. The van der Waals surface area contributed by atoms with E-state index in [1.807, 2.05) is 6.92 Å². The lowest BCUT2D eigenvalue weighted by Crippen LogP contribution is -2.21. The Balaban J connectivity index is 2.77. The third kappa shape index (κ3) is 3.06. The number of nitrogens with zero attached hydrogens (tertiary/aromatic N) is 2. The van der Waals surface area contributed by atoms with Gasteiger partial charge in [-0.15, -0.1) is 0 Å². The first-order valence-corrected chi connectivity index (χ1v) is 4.71. The highest BCUT2D eigenvalue weighted by molar-refractivity contribution is 5.57. The first-order valence-electron chi connectivity index (χ1n) is 4.71. The molecule has 1 atom stereocenters. The van der Waals surface area contributed by atoms with Crippen LogP contribution >= 0.6 is 0 Å². The SMILES string of the molecule is COCC(C)Nc1ccc([N+](=O)[O-])c(N)n1. The molecule has 88 valence electrons. The van der Waals surface area contributed by atoms with Crippen molar-refractivity contribution in [3.05, 3.63) is 22.2 Å². The van der Waals surface area contributed by atoms with Crippen LogP contribution in [0.25, 0.3) is 0 Å². The molecule has 0 spiro atoms. The van der Waals surface area contributed by atoms with Crippen LogP contribution in [0.5, 0.6) is 0 Å². The van der Waals surface area contributed by atoms with Crippen LogP contribution in [0.4, 0.5) is 17.3 Å². The zero-order valence-corrected chi connectivity index (χ0v) is 9.14. The van der Waals surface area contributed by atoms with Crippen molar-refractivity contribution in [1.82, 2.24) is 4.98 Å². The van der Waals surface area contributed by atoms with E-state index in [2.05, 4.69) is 10.3 Å². The smallest absolute Gasteiger partial charge is 0.311 e. The number of nitro groups is 1. The van der Waals surface area contributed by atoms with E-state index in [1.54, 1.807) is 7.11 Å². The molecule has 0 amide bonds. The normalized spacial score (nSPS) is 12.1. The summed E-state index contributed by atoms with van der Waals surface area (Å²) in [4.78, 5) is 13.8. The van der Waals surface area contributed by atoms with Crippen LogP contribution in [0.2, 0.25) is 0 Å². The van der Waals surface area contributed by atoms with Crippen molar-refractivity contribution in [2.45, 2.75) is 13.0 Å². The number of ether oxygens (including phenoxy) is 1. The summed E-state index contributed by atoms with van der Waals surface area (Å²) in [5.74, 6) is 0.396. The number of pyridine rings is 1. The highest BCUT2D eigenvalue weighted by atomic mass is 16.6. The van der Waals surface area contributed by atoms with Gasteiger partial charge in [-0.3, -0.25) is 10.1 Å². The molecule has 1 unspecified atom stereocenters. The molecule has 0 aliphatic rings. The molecule has 1 rings (SSSR count). The summed E-state index contributed by atoms with van der Waals surface area (Å²) < 4.78 is 4.94. The highest BCUT2D eigenvalue weighted by Gasteiger charge is 2.13. The van der Waals surface area contributed by atoms with Gasteiger partial charge in [-0.1, -0.05) is 0 Å². The van der Waals surface area contributed by atoms with Gasteiger partial charge in [0.2, 0.25) is 5.82 Å². The molecule has 0 aliphatic heterocycles. The van der Waals surface area contributed by atoms with Gasteiger partial charge in [0.25, 0.3) is 0 Å². The van der Waals surface area contributed by atoms with Gasteiger partial charge >= 0.3 is 5.69 Å². The molecule has 0 saturated heterocycles. The van der Waals surface area contributed by atoms with E-state index in [9.17, 15) is 10.1 Å². The molecule has 1 heterocycles. The lowest BCUT2D eigenvalue weighted by Gasteiger charge is -2.13. The average molecular weight is 226 g/mol. The largest absolute Gasteiger partial charge is 0.383 e. The zero-order valence-electron chi connectivity index (χ0n) is 9.14. The van der Waals surface area contributed by atoms with Crippen LogP contribution in [0.3, 0.4) is 0 Å². The number of hydrogen-bond donors (Lipinski definition) is 2. The molecule has 7 nitrogen and oxygen atoms in total. The van der Waals surface area contributed by atoms with Crippen molar-refractivity contribution in [3.63, 3.8) is 0 Å². The van der Waals surface area contributed by atoms with E-state index in [0.717, 1.165) is 0 Å². The minimum absolute atomic E-state index is 0.0540. The topological polar surface area (TPSA) is 103 Å². The van der Waals surface area contributed by atoms with Gasteiger partial charge in [0.05, 0.1) is 11.5 Å². The first kappa shape index (κ1) is 12.2. The molecule has 0 saturated carbocycles. The maximum atomic E-state index is 10.5. The first-order chi connectivity index (χ1) is 7.54. The quantitative estimate of drug-likeness (QED) is 0.573. The number of aromatic nitrogens is 1. The van der Waals surface area contributed by atoms with Gasteiger partial charge in [-0.2, -0.15) is 0 Å². The van der Waals surface area contributed by atoms with Crippen LogP contribution in [0.1, 0.15) is 6.92 Å². The number of nitrogen functional groups attached to an aromatic ring is 1. The summed E-state index contributed by atoms with van der Waals surface area (Å²) in [6.07, 6.45) is 0. The van der Waals surface area contributed by atoms with Crippen molar-refractivity contribution in [1.29, 1.82) is 0 Å². The minimum Gasteiger partial charge on any atom is -0.383 e. The summed E-state index contributed by atoms with van der Waals surface area (Å²) in [5, 5.41) is 13.5. The van der Waals surface area contributed by atoms with Crippen LogP contribution in [0.15, 0.2) is 12.1 Å². The predicted octanol–water partition coefficient (Wildman–Crippen LogP) is 1.02. The fourth-order valence-electron chi connectivity index (χ4n) is 1.25. The Morgan fingerprint density at radius 2 is 2.38 bits per heavy atom. The molecule has 0 aliphatic carbocycles. The fraction of sp³-hybridized carbons (Fsp3) is 0.444. The summed E-state index contributed by atoms with van der Waals surface area (Å²) >= 11 is 0. The van der Waals surface area contributed by atoms with Gasteiger partial charge in [0.15, 0.2) is 0 Å². The Morgan fingerprint density at radius 1 is 1.69 bits per heavy atom.